The average Bonchev–Trinajstić information content (AvgIpc) is 3.36. The van der Waals surface area contributed by atoms with Crippen molar-refractivity contribution < 1.29 is 23.9 Å². The standard InChI is InChI=1S/C63H107NO5/c1-4-7-10-13-16-19-22-25-28-31-34-37-40-43-49-54-61(65)64(59-52-47-46-48-53-59)57-60(69-63(67)56-51-45-42-39-36-33-30-27-24-21-18-15-12-9-6-3)58-68-62(66)55-50-44-41-38-35-32-29-26-23-20-17-14-11-8-5-2/h7,10,16,19,25-26,28-29,46-48,52-53,60H,4-6,8-9,11-15,17-18,20-24,27,30-45,49-51,54-58H2,1-3H3. The largest absolute Gasteiger partial charge is 0.462 e. The molecule has 0 aliphatic carbocycles. The summed E-state index contributed by atoms with van der Waals surface area (Å²) in [5.74, 6) is -0.545. The highest BCUT2D eigenvalue weighted by Crippen LogP contribution is 2.20. The van der Waals surface area contributed by atoms with E-state index < -0.39 is 6.10 Å². The molecule has 0 spiro atoms. The number of hydrogen-bond acceptors (Lipinski definition) is 5. The molecule has 0 bridgehead atoms. The first-order chi connectivity index (χ1) is 34.0. The highest BCUT2D eigenvalue weighted by molar-refractivity contribution is 5.93. The van der Waals surface area contributed by atoms with Crippen LogP contribution in [0, 0.1) is 0 Å². The molecule has 6 heteroatoms. The molecular weight excluding hydrogens is 851 g/mol. The maximum Gasteiger partial charge on any atom is 0.306 e. The molecule has 1 unspecified atom stereocenters. The van der Waals surface area contributed by atoms with E-state index in [1.165, 1.54) is 135 Å². The second-order valence-corrected chi connectivity index (χ2v) is 19.8. The Morgan fingerprint density at radius 1 is 0.435 bits per heavy atom. The lowest BCUT2D eigenvalue weighted by Crippen LogP contribution is -2.41. The van der Waals surface area contributed by atoms with Crippen molar-refractivity contribution in [1.29, 1.82) is 0 Å². The lowest BCUT2D eigenvalue weighted by Gasteiger charge is -2.28. The summed E-state index contributed by atoms with van der Waals surface area (Å²) in [5, 5.41) is 0. The van der Waals surface area contributed by atoms with E-state index in [0.29, 0.717) is 19.3 Å². The molecule has 0 heterocycles. The van der Waals surface area contributed by atoms with Crippen LogP contribution in [0.15, 0.2) is 78.9 Å². The molecule has 0 saturated carbocycles. The summed E-state index contributed by atoms with van der Waals surface area (Å²) in [6.45, 7) is 6.81. The number of esters is 2. The molecule has 1 aromatic rings. The van der Waals surface area contributed by atoms with Crippen molar-refractivity contribution in [1.82, 2.24) is 0 Å². The second kappa shape index (κ2) is 51.0. The van der Waals surface area contributed by atoms with E-state index >= 15 is 0 Å². The van der Waals surface area contributed by atoms with Crippen molar-refractivity contribution in [3.05, 3.63) is 78.9 Å². The first-order valence-electron chi connectivity index (χ1n) is 29.3. The van der Waals surface area contributed by atoms with Crippen molar-refractivity contribution in [2.45, 2.75) is 284 Å². The maximum atomic E-state index is 13.9. The van der Waals surface area contributed by atoms with E-state index in [2.05, 4.69) is 69.4 Å². The number of carbonyl (C=O) groups excluding carboxylic acids is 3. The first-order valence-corrected chi connectivity index (χ1v) is 29.3. The van der Waals surface area contributed by atoms with E-state index in [-0.39, 0.29) is 31.0 Å². The zero-order valence-corrected chi connectivity index (χ0v) is 45.3. The molecule has 1 rings (SSSR count). The Bertz CT molecular complexity index is 1420. The minimum atomic E-state index is -0.738. The topological polar surface area (TPSA) is 72.9 Å². The van der Waals surface area contributed by atoms with E-state index in [1.54, 1.807) is 4.90 Å². The van der Waals surface area contributed by atoms with Gasteiger partial charge in [0, 0.05) is 24.9 Å². The Balaban J connectivity index is 2.60. The Morgan fingerprint density at radius 3 is 1.28 bits per heavy atom. The summed E-state index contributed by atoms with van der Waals surface area (Å²) in [7, 11) is 0. The molecule has 0 N–H and O–H groups in total. The van der Waals surface area contributed by atoms with Gasteiger partial charge in [-0.1, -0.05) is 248 Å². The van der Waals surface area contributed by atoms with Crippen molar-refractivity contribution in [3.63, 3.8) is 0 Å². The highest BCUT2D eigenvalue weighted by Gasteiger charge is 2.25. The fraction of sp³-hybridized carbons (Fsp3) is 0.730. The molecule has 0 fully saturated rings. The molecule has 0 radical (unpaired) electrons. The fourth-order valence-electron chi connectivity index (χ4n) is 8.80. The van der Waals surface area contributed by atoms with Gasteiger partial charge in [0.05, 0.1) is 6.54 Å². The number of allylic oxidation sites excluding steroid dienone is 8. The van der Waals surface area contributed by atoms with Crippen molar-refractivity contribution in [2.24, 2.45) is 0 Å². The molecular formula is C63H107NO5. The normalized spacial score (nSPS) is 12.3. The van der Waals surface area contributed by atoms with Crippen LogP contribution in [0.4, 0.5) is 5.69 Å². The maximum absolute atomic E-state index is 13.9. The molecule has 1 atom stereocenters. The summed E-state index contributed by atoms with van der Waals surface area (Å²) in [6.07, 6.45) is 62.6. The van der Waals surface area contributed by atoms with Crippen LogP contribution in [0.25, 0.3) is 0 Å². The van der Waals surface area contributed by atoms with Crippen LogP contribution >= 0.6 is 0 Å². The molecule has 6 nitrogen and oxygen atoms in total. The van der Waals surface area contributed by atoms with Gasteiger partial charge in [-0.25, -0.2) is 0 Å². The summed E-state index contributed by atoms with van der Waals surface area (Å²) >= 11 is 0. The Kier molecular flexibility index (Phi) is 47.0. The van der Waals surface area contributed by atoms with Crippen LogP contribution in [0.3, 0.4) is 0 Å². The highest BCUT2D eigenvalue weighted by atomic mass is 16.6. The number of benzene rings is 1. The number of anilines is 1. The first kappa shape index (κ1) is 63.6. The third-order valence-corrected chi connectivity index (χ3v) is 13.2. The smallest absolute Gasteiger partial charge is 0.306 e. The molecule has 0 saturated heterocycles. The molecule has 0 aliphatic rings. The van der Waals surface area contributed by atoms with Gasteiger partial charge in [-0.2, -0.15) is 0 Å². The van der Waals surface area contributed by atoms with Crippen LogP contribution in [0.5, 0.6) is 0 Å². The molecule has 394 valence electrons. The fourth-order valence-corrected chi connectivity index (χ4v) is 8.80. The average molecular weight is 959 g/mol. The van der Waals surface area contributed by atoms with Gasteiger partial charge in [-0.15, -0.1) is 0 Å². The SMILES string of the molecule is CCC=CCC=CCC=CCCCCCCCC(=O)N(CC(COC(=O)CCCCCCCC=CCCCCCCCC)OC(=O)CCCCCCCCCCCCCCCCC)c1ccccc1. The van der Waals surface area contributed by atoms with Gasteiger partial charge in [-0.05, 0) is 89.2 Å². The van der Waals surface area contributed by atoms with Crippen LogP contribution in [-0.4, -0.2) is 37.1 Å². The molecule has 0 aromatic heterocycles. The number of carbonyl (C=O) groups is 3. The Labute approximate surface area is 426 Å². The summed E-state index contributed by atoms with van der Waals surface area (Å²) in [6, 6.07) is 9.65. The monoisotopic (exact) mass is 958 g/mol. The predicted octanol–water partition coefficient (Wildman–Crippen LogP) is 19.4. The van der Waals surface area contributed by atoms with Gasteiger partial charge in [-0.3, -0.25) is 14.4 Å². The van der Waals surface area contributed by atoms with Crippen LogP contribution in [0.2, 0.25) is 0 Å². The summed E-state index contributed by atoms with van der Waals surface area (Å²) in [4.78, 5) is 41.9. The summed E-state index contributed by atoms with van der Waals surface area (Å²) < 4.78 is 11.8. The van der Waals surface area contributed by atoms with E-state index in [9.17, 15) is 14.4 Å². The second-order valence-electron chi connectivity index (χ2n) is 19.8. The van der Waals surface area contributed by atoms with Gasteiger partial charge in [0.25, 0.3) is 0 Å². The number of amides is 1. The van der Waals surface area contributed by atoms with Crippen molar-refractivity contribution in [2.75, 3.05) is 18.1 Å². The third-order valence-electron chi connectivity index (χ3n) is 13.2. The van der Waals surface area contributed by atoms with E-state index in [0.717, 1.165) is 108 Å². The minimum Gasteiger partial charge on any atom is -0.462 e. The summed E-state index contributed by atoms with van der Waals surface area (Å²) in [5.41, 5.74) is 0.768. The number of ether oxygens (including phenoxy) is 2. The Hall–Kier alpha value is -3.41. The van der Waals surface area contributed by atoms with Crippen molar-refractivity contribution in [3.8, 4) is 0 Å². The Morgan fingerprint density at radius 2 is 0.812 bits per heavy atom. The van der Waals surface area contributed by atoms with Gasteiger partial charge < -0.3 is 14.4 Å². The minimum absolute atomic E-state index is 0.00505. The number of rotatable bonds is 50. The van der Waals surface area contributed by atoms with Crippen LogP contribution in [0.1, 0.15) is 278 Å². The zero-order valence-electron chi connectivity index (χ0n) is 45.3. The number of nitrogens with zero attached hydrogens (tertiary/aromatic N) is 1. The third kappa shape index (κ3) is 43.1. The zero-order chi connectivity index (χ0) is 49.8. The van der Waals surface area contributed by atoms with Gasteiger partial charge in [0.1, 0.15) is 6.61 Å². The predicted molar refractivity (Wildman–Crippen MR) is 298 cm³/mol. The van der Waals surface area contributed by atoms with E-state index in [1.807, 2.05) is 30.3 Å². The number of para-hydroxylation sites is 1. The lowest BCUT2D eigenvalue weighted by atomic mass is 10.0. The number of unbranched alkanes of at least 4 members (excludes halogenated alkanes) is 30. The lowest BCUT2D eigenvalue weighted by molar-refractivity contribution is -0.158. The quantitative estimate of drug-likeness (QED) is 0.0370. The van der Waals surface area contributed by atoms with E-state index in [4.69, 9.17) is 9.47 Å². The molecule has 1 aromatic carbocycles. The molecule has 0 aliphatic heterocycles. The van der Waals surface area contributed by atoms with Gasteiger partial charge in [0.15, 0.2) is 6.10 Å². The van der Waals surface area contributed by atoms with Crippen molar-refractivity contribution >= 4 is 23.5 Å². The van der Waals surface area contributed by atoms with Crippen LogP contribution in [-0.2, 0) is 23.9 Å². The molecule has 1 amide bonds. The number of hydrogen-bond donors (Lipinski definition) is 0. The molecule has 69 heavy (non-hydrogen) atoms. The van der Waals surface area contributed by atoms with Gasteiger partial charge in [0.2, 0.25) is 5.91 Å². The van der Waals surface area contributed by atoms with Gasteiger partial charge >= 0.3 is 11.9 Å². The van der Waals surface area contributed by atoms with Crippen LogP contribution < -0.4 is 4.90 Å².